The number of rotatable bonds is 6. The fraction of sp³-hybridized carbons (Fsp3) is 0.400. The fourth-order valence-corrected chi connectivity index (χ4v) is 2.32. The fourth-order valence-electron chi connectivity index (χ4n) is 2.32. The largest absolute Gasteiger partial charge is 0.481 e. The van der Waals surface area contributed by atoms with Crippen LogP contribution in [0.2, 0.25) is 0 Å². The van der Waals surface area contributed by atoms with E-state index in [1.54, 1.807) is 0 Å². The van der Waals surface area contributed by atoms with Crippen LogP contribution >= 0.6 is 0 Å². The van der Waals surface area contributed by atoms with Crippen molar-refractivity contribution in [3.05, 3.63) is 35.6 Å². The second-order valence-corrected chi connectivity index (χ2v) is 4.61. The average Bonchev–Trinajstić information content (AvgIpc) is 2.76. The van der Waals surface area contributed by atoms with E-state index in [4.69, 9.17) is 9.52 Å². The highest BCUT2D eigenvalue weighted by molar-refractivity contribution is 5.82. The Morgan fingerprint density at radius 2 is 2.16 bits per heavy atom. The van der Waals surface area contributed by atoms with E-state index < -0.39 is 5.97 Å². The van der Waals surface area contributed by atoms with E-state index in [-0.39, 0.29) is 12.5 Å². The van der Waals surface area contributed by atoms with Gasteiger partial charge in [-0.1, -0.05) is 25.1 Å². The van der Waals surface area contributed by atoms with Gasteiger partial charge >= 0.3 is 5.97 Å². The first kappa shape index (κ1) is 13.6. The number of aryl methyl sites for hydroxylation is 1. The van der Waals surface area contributed by atoms with Gasteiger partial charge in [0, 0.05) is 17.5 Å². The lowest BCUT2D eigenvalue weighted by Gasteiger charge is -2.12. The molecule has 4 heteroatoms. The molecule has 2 aromatic rings. The van der Waals surface area contributed by atoms with Crippen LogP contribution in [0.15, 0.2) is 28.7 Å². The first-order valence-electron chi connectivity index (χ1n) is 6.59. The molecule has 0 spiro atoms. The quantitative estimate of drug-likeness (QED) is 0.838. The molecule has 1 aromatic heterocycles. The summed E-state index contributed by atoms with van der Waals surface area (Å²) in [6, 6.07) is 8.00. The van der Waals surface area contributed by atoms with E-state index in [0.29, 0.717) is 6.54 Å². The Morgan fingerprint density at radius 1 is 1.42 bits per heavy atom. The smallest absolute Gasteiger partial charge is 0.304 e. The lowest BCUT2D eigenvalue weighted by atomic mass is 10.1. The molecule has 4 nitrogen and oxygen atoms in total. The van der Waals surface area contributed by atoms with Gasteiger partial charge in [0.25, 0.3) is 0 Å². The number of hydrogen-bond donors (Lipinski definition) is 2. The van der Waals surface area contributed by atoms with Crippen molar-refractivity contribution in [2.45, 2.75) is 32.7 Å². The van der Waals surface area contributed by atoms with Crippen LogP contribution in [-0.4, -0.2) is 17.6 Å². The van der Waals surface area contributed by atoms with Crippen LogP contribution in [0.3, 0.4) is 0 Å². The molecule has 102 valence electrons. The summed E-state index contributed by atoms with van der Waals surface area (Å²) in [5.41, 5.74) is 2.09. The van der Waals surface area contributed by atoms with Crippen molar-refractivity contribution in [1.82, 2.24) is 5.32 Å². The minimum absolute atomic E-state index is 0.0155. The molecule has 0 saturated carbocycles. The molecule has 0 aliphatic heterocycles. The van der Waals surface area contributed by atoms with Gasteiger partial charge in [0.2, 0.25) is 0 Å². The molecule has 0 saturated heterocycles. The summed E-state index contributed by atoms with van der Waals surface area (Å²) in [4.78, 5) is 10.5. The van der Waals surface area contributed by atoms with E-state index in [9.17, 15) is 4.79 Å². The molecular formula is C15H19NO3. The summed E-state index contributed by atoms with van der Waals surface area (Å²) in [6.45, 7) is 4.54. The van der Waals surface area contributed by atoms with Crippen molar-refractivity contribution < 1.29 is 14.3 Å². The topological polar surface area (TPSA) is 62.5 Å². The second-order valence-electron chi connectivity index (χ2n) is 4.61. The van der Waals surface area contributed by atoms with Gasteiger partial charge in [0.1, 0.15) is 11.3 Å². The molecule has 0 radical (unpaired) electrons. The Bertz CT molecular complexity index is 574. The third kappa shape index (κ3) is 2.96. The number of carbonyl (C=O) groups is 1. The van der Waals surface area contributed by atoms with Crippen molar-refractivity contribution >= 4 is 16.9 Å². The lowest BCUT2D eigenvalue weighted by Crippen LogP contribution is -2.22. The highest BCUT2D eigenvalue weighted by atomic mass is 16.4. The van der Waals surface area contributed by atoms with Crippen molar-refractivity contribution in [2.24, 2.45) is 0 Å². The van der Waals surface area contributed by atoms with Crippen LogP contribution in [0.1, 0.15) is 37.6 Å². The Balaban J connectivity index is 2.21. The normalized spacial score (nSPS) is 12.7. The SMILES string of the molecule is CCc1c(C(C)NCCC(=O)O)oc2ccccc12. The maximum atomic E-state index is 10.5. The zero-order chi connectivity index (χ0) is 13.8. The molecule has 1 unspecified atom stereocenters. The van der Waals surface area contributed by atoms with E-state index in [1.807, 2.05) is 25.1 Å². The molecule has 0 aliphatic carbocycles. The lowest BCUT2D eigenvalue weighted by molar-refractivity contribution is -0.136. The molecule has 1 atom stereocenters. The summed E-state index contributed by atoms with van der Waals surface area (Å²) in [6.07, 6.45) is 1.02. The maximum absolute atomic E-state index is 10.5. The summed E-state index contributed by atoms with van der Waals surface area (Å²) >= 11 is 0. The molecule has 2 rings (SSSR count). The number of fused-ring (bicyclic) bond motifs is 1. The molecule has 0 aliphatic rings. The number of furan rings is 1. The summed E-state index contributed by atoms with van der Waals surface area (Å²) < 4.78 is 5.90. The number of carboxylic acids is 1. The van der Waals surface area contributed by atoms with Gasteiger partial charge in [0.15, 0.2) is 0 Å². The van der Waals surface area contributed by atoms with Crippen molar-refractivity contribution in [1.29, 1.82) is 0 Å². The molecule has 0 bridgehead atoms. The summed E-state index contributed by atoms with van der Waals surface area (Å²) in [7, 11) is 0. The van der Waals surface area contributed by atoms with Gasteiger partial charge in [-0.25, -0.2) is 0 Å². The predicted molar refractivity (Wildman–Crippen MR) is 74.3 cm³/mol. The number of carboxylic acid groups (broad SMARTS) is 1. The number of hydrogen-bond acceptors (Lipinski definition) is 3. The van der Waals surface area contributed by atoms with Gasteiger partial charge < -0.3 is 14.8 Å². The van der Waals surface area contributed by atoms with E-state index in [2.05, 4.69) is 18.3 Å². The standard InChI is InChI=1S/C15H19NO3/c1-3-11-12-6-4-5-7-13(12)19-15(11)10(2)16-9-8-14(17)18/h4-7,10,16H,3,8-9H2,1-2H3,(H,17,18). The van der Waals surface area contributed by atoms with Gasteiger partial charge in [-0.15, -0.1) is 0 Å². The highest BCUT2D eigenvalue weighted by Crippen LogP contribution is 2.30. The Labute approximate surface area is 112 Å². The van der Waals surface area contributed by atoms with Crippen LogP contribution in [0.4, 0.5) is 0 Å². The van der Waals surface area contributed by atoms with E-state index >= 15 is 0 Å². The molecule has 0 amide bonds. The Morgan fingerprint density at radius 3 is 2.84 bits per heavy atom. The van der Waals surface area contributed by atoms with Gasteiger partial charge in [-0.3, -0.25) is 4.79 Å². The van der Waals surface area contributed by atoms with E-state index in [0.717, 1.165) is 23.2 Å². The third-order valence-corrected chi connectivity index (χ3v) is 3.27. The van der Waals surface area contributed by atoms with Crippen LogP contribution in [-0.2, 0) is 11.2 Å². The third-order valence-electron chi connectivity index (χ3n) is 3.27. The molecular weight excluding hydrogens is 242 g/mol. The number of aliphatic carboxylic acids is 1. The number of para-hydroxylation sites is 1. The number of benzene rings is 1. The van der Waals surface area contributed by atoms with Crippen molar-refractivity contribution in [3.8, 4) is 0 Å². The monoisotopic (exact) mass is 261 g/mol. The highest BCUT2D eigenvalue weighted by Gasteiger charge is 2.17. The predicted octanol–water partition coefficient (Wildman–Crippen LogP) is 3.12. The first-order valence-corrected chi connectivity index (χ1v) is 6.59. The molecule has 19 heavy (non-hydrogen) atoms. The van der Waals surface area contributed by atoms with Gasteiger partial charge in [-0.2, -0.15) is 0 Å². The van der Waals surface area contributed by atoms with Crippen LogP contribution < -0.4 is 5.32 Å². The van der Waals surface area contributed by atoms with Crippen LogP contribution in [0.5, 0.6) is 0 Å². The molecule has 2 N–H and O–H groups in total. The summed E-state index contributed by atoms with van der Waals surface area (Å²) in [5.74, 6) is 0.120. The molecule has 0 fully saturated rings. The van der Waals surface area contributed by atoms with Crippen LogP contribution in [0, 0.1) is 0 Å². The average molecular weight is 261 g/mol. The Kier molecular flexibility index (Phi) is 4.22. The zero-order valence-corrected chi connectivity index (χ0v) is 11.3. The molecule has 1 aromatic carbocycles. The van der Waals surface area contributed by atoms with Crippen LogP contribution in [0.25, 0.3) is 11.0 Å². The number of nitrogens with one attached hydrogen (secondary N) is 1. The zero-order valence-electron chi connectivity index (χ0n) is 11.3. The second kappa shape index (κ2) is 5.89. The first-order chi connectivity index (χ1) is 9.13. The van der Waals surface area contributed by atoms with Crippen molar-refractivity contribution in [2.75, 3.05) is 6.54 Å². The van der Waals surface area contributed by atoms with Gasteiger partial charge in [-0.05, 0) is 19.4 Å². The Hall–Kier alpha value is -1.81. The van der Waals surface area contributed by atoms with E-state index in [1.165, 1.54) is 5.56 Å². The minimum atomic E-state index is -0.792. The summed E-state index contributed by atoms with van der Waals surface area (Å²) in [5, 5.41) is 13.0. The van der Waals surface area contributed by atoms with Crippen molar-refractivity contribution in [3.63, 3.8) is 0 Å². The minimum Gasteiger partial charge on any atom is -0.481 e. The maximum Gasteiger partial charge on any atom is 0.304 e. The van der Waals surface area contributed by atoms with Gasteiger partial charge in [0.05, 0.1) is 12.5 Å². The molecule has 1 heterocycles.